The van der Waals surface area contributed by atoms with E-state index < -0.39 is 0 Å². The molecular formula is C21H18ClNO3S2. The monoisotopic (exact) mass is 431 g/mol. The molecule has 3 rings (SSSR count). The fourth-order valence-corrected chi connectivity index (χ4v) is 4.18. The summed E-state index contributed by atoms with van der Waals surface area (Å²) in [6.45, 7) is 4.41. The average Bonchev–Trinajstić information content (AvgIpc) is 2.95. The van der Waals surface area contributed by atoms with Gasteiger partial charge in [-0.3, -0.25) is 9.69 Å². The lowest BCUT2D eigenvalue weighted by Crippen LogP contribution is -2.27. The Kier molecular flexibility index (Phi) is 6.78. The van der Waals surface area contributed by atoms with Crippen molar-refractivity contribution < 1.29 is 14.3 Å². The first-order chi connectivity index (χ1) is 13.5. The van der Waals surface area contributed by atoms with Gasteiger partial charge in [0.2, 0.25) is 0 Å². The average molecular weight is 432 g/mol. The van der Waals surface area contributed by atoms with E-state index in [0.29, 0.717) is 38.9 Å². The van der Waals surface area contributed by atoms with Crippen molar-refractivity contribution in [2.75, 3.05) is 13.7 Å². The molecule has 7 heteroatoms. The number of hydrogen-bond donors (Lipinski definition) is 0. The number of benzene rings is 2. The van der Waals surface area contributed by atoms with Crippen LogP contribution in [0.5, 0.6) is 11.5 Å². The lowest BCUT2D eigenvalue weighted by molar-refractivity contribution is -0.121. The number of methoxy groups -OCH3 is 1. The Hall–Kier alpha value is -2.28. The second kappa shape index (κ2) is 9.28. The number of rotatable bonds is 7. The van der Waals surface area contributed by atoms with E-state index in [1.807, 2.05) is 30.3 Å². The van der Waals surface area contributed by atoms with Crippen LogP contribution in [0.25, 0.3) is 6.08 Å². The van der Waals surface area contributed by atoms with Gasteiger partial charge in [0, 0.05) is 6.54 Å². The van der Waals surface area contributed by atoms with Crippen molar-refractivity contribution in [3.8, 4) is 11.5 Å². The molecule has 0 aromatic heterocycles. The van der Waals surface area contributed by atoms with E-state index in [4.69, 9.17) is 33.3 Å². The predicted molar refractivity (Wildman–Crippen MR) is 119 cm³/mol. The van der Waals surface area contributed by atoms with Crippen LogP contribution in [0.1, 0.15) is 11.1 Å². The van der Waals surface area contributed by atoms with Gasteiger partial charge in [0.15, 0.2) is 11.5 Å². The van der Waals surface area contributed by atoms with Gasteiger partial charge in [-0.1, -0.05) is 72.0 Å². The molecule has 28 heavy (non-hydrogen) atoms. The summed E-state index contributed by atoms with van der Waals surface area (Å²) >= 11 is 12.9. The van der Waals surface area contributed by atoms with Crippen LogP contribution >= 0.6 is 35.6 Å². The summed E-state index contributed by atoms with van der Waals surface area (Å²) in [6, 6.07) is 13.3. The first-order valence-electron chi connectivity index (χ1n) is 8.44. The van der Waals surface area contributed by atoms with Crippen LogP contribution in [0.4, 0.5) is 0 Å². The summed E-state index contributed by atoms with van der Waals surface area (Å²) in [6.07, 6.45) is 3.39. The van der Waals surface area contributed by atoms with Gasteiger partial charge in [-0.15, -0.1) is 6.58 Å². The zero-order chi connectivity index (χ0) is 20.1. The zero-order valence-electron chi connectivity index (χ0n) is 15.2. The number of halogens is 1. The lowest BCUT2D eigenvalue weighted by Gasteiger charge is -2.13. The number of ether oxygens (including phenoxy) is 2. The van der Waals surface area contributed by atoms with Crippen LogP contribution < -0.4 is 9.47 Å². The third-order valence-corrected chi connectivity index (χ3v) is 5.62. The molecular weight excluding hydrogens is 414 g/mol. The van der Waals surface area contributed by atoms with Gasteiger partial charge in [0.1, 0.15) is 10.9 Å². The minimum atomic E-state index is -0.144. The third-order valence-electron chi connectivity index (χ3n) is 3.96. The summed E-state index contributed by atoms with van der Waals surface area (Å²) in [5.74, 6) is 0.815. The second-order valence-corrected chi connectivity index (χ2v) is 7.97. The highest BCUT2D eigenvalue weighted by Gasteiger charge is 2.31. The number of nitrogens with zero attached hydrogens (tertiary/aromatic N) is 1. The fourth-order valence-electron chi connectivity index (χ4n) is 2.63. The number of hydrogen-bond acceptors (Lipinski definition) is 5. The number of carbonyl (C=O) groups is 1. The quantitative estimate of drug-likeness (QED) is 0.337. The van der Waals surface area contributed by atoms with Crippen molar-refractivity contribution in [2.24, 2.45) is 0 Å². The molecule has 1 aliphatic rings. The number of amides is 1. The Morgan fingerprint density at radius 3 is 2.71 bits per heavy atom. The van der Waals surface area contributed by atoms with Crippen LogP contribution in [0.15, 0.2) is 60.0 Å². The highest BCUT2D eigenvalue weighted by molar-refractivity contribution is 8.26. The molecule has 0 aliphatic carbocycles. The van der Waals surface area contributed by atoms with Crippen LogP contribution in [-0.4, -0.2) is 28.8 Å². The molecule has 1 aliphatic heterocycles. The summed E-state index contributed by atoms with van der Waals surface area (Å²) in [5, 5.41) is 0.406. The van der Waals surface area contributed by atoms with Gasteiger partial charge in [-0.05, 0) is 29.3 Å². The lowest BCUT2D eigenvalue weighted by atomic mass is 10.1. The Morgan fingerprint density at radius 2 is 2.04 bits per heavy atom. The molecule has 0 saturated carbocycles. The predicted octanol–water partition coefficient (Wildman–Crippen LogP) is 5.31. The number of thiocarbonyl (C=S) groups is 1. The molecule has 4 nitrogen and oxygen atoms in total. The van der Waals surface area contributed by atoms with Crippen LogP contribution in [0.2, 0.25) is 5.02 Å². The van der Waals surface area contributed by atoms with E-state index in [1.165, 1.54) is 16.7 Å². The SMILES string of the molecule is C=CCN1C(=O)/C(=C\c2cc(Cl)c(OCc3ccccc3)c(OC)c2)SC1=S. The van der Waals surface area contributed by atoms with Crippen molar-refractivity contribution in [3.63, 3.8) is 0 Å². The van der Waals surface area contributed by atoms with Crippen molar-refractivity contribution in [3.05, 3.63) is 76.2 Å². The van der Waals surface area contributed by atoms with E-state index in [1.54, 1.807) is 31.4 Å². The van der Waals surface area contributed by atoms with Gasteiger partial charge in [-0.2, -0.15) is 0 Å². The molecule has 0 atom stereocenters. The Labute approximate surface area is 178 Å². The minimum Gasteiger partial charge on any atom is -0.493 e. The molecule has 0 spiro atoms. The van der Waals surface area contributed by atoms with Gasteiger partial charge in [-0.25, -0.2) is 0 Å². The normalized spacial score (nSPS) is 15.2. The van der Waals surface area contributed by atoms with Crippen LogP contribution in [0.3, 0.4) is 0 Å². The second-order valence-electron chi connectivity index (χ2n) is 5.89. The van der Waals surface area contributed by atoms with E-state index in [9.17, 15) is 4.79 Å². The molecule has 2 aromatic rings. The van der Waals surface area contributed by atoms with Crippen LogP contribution in [-0.2, 0) is 11.4 Å². The number of carbonyl (C=O) groups excluding carboxylic acids is 1. The smallest absolute Gasteiger partial charge is 0.266 e. The standard InChI is InChI=1S/C21H18ClNO3S2/c1-3-9-23-20(24)18(28-21(23)27)12-15-10-16(22)19(17(11-15)25-2)26-13-14-7-5-4-6-8-14/h3-8,10-12H,1,9,13H2,2H3/b18-12+. The summed E-state index contributed by atoms with van der Waals surface area (Å²) < 4.78 is 11.8. The Morgan fingerprint density at radius 1 is 1.29 bits per heavy atom. The third kappa shape index (κ3) is 4.58. The summed E-state index contributed by atoms with van der Waals surface area (Å²) in [7, 11) is 1.55. The molecule has 0 radical (unpaired) electrons. The molecule has 1 saturated heterocycles. The molecule has 0 N–H and O–H groups in total. The Balaban J connectivity index is 1.84. The largest absolute Gasteiger partial charge is 0.493 e. The summed E-state index contributed by atoms with van der Waals surface area (Å²) in [4.78, 5) is 14.5. The molecule has 2 aromatic carbocycles. The van der Waals surface area contributed by atoms with Crippen molar-refractivity contribution >= 4 is 51.9 Å². The topological polar surface area (TPSA) is 38.8 Å². The maximum atomic E-state index is 12.5. The van der Waals surface area contributed by atoms with Gasteiger partial charge >= 0.3 is 0 Å². The molecule has 0 unspecified atom stereocenters. The highest BCUT2D eigenvalue weighted by Crippen LogP contribution is 2.39. The zero-order valence-corrected chi connectivity index (χ0v) is 17.6. The van der Waals surface area contributed by atoms with Gasteiger partial charge < -0.3 is 9.47 Å². The first kappa shape index (κ1) is 20.5. The maximum Gasteiger partial charge on any atom is 0.266 e. The first-order valence-corrected chi connectivity index (χ1v) is 10.0. The van der Waals surface area contributed by atoms with Gasteiger partial charge in [0.05, 0.1) is 17.0 Å². The number of thioether (sulfide) groups is 1. The maximum absolute atomic E-state index is 12.5. The molecule has 144 valence electrons. The molecule has 0 bridgehead atoms. The molecule has 1 amide bonds. The van der Waals surface area contributed by atoms with Crippen molar-refractivity contribution in [1.29, 1.82) is 0 Å². The van der Waals surface area contributed by atoms with E-state index >= 15 is 0 Å². The Bertz CT molecular complexity index is 944. The van der Waals surface area contributed by atoms with E-state index in [2.05, 4.69) is 6.58 Å². The summed E-state index contributed by atoms with van der Waals surface area (Å²) in [5.41, 5.74) is 1.75. The van der Waals surface area contributed by atoms with Gasteiger partial charge in [0.25, 0.3) is 5.91 Å². The van der Waals surface area contributed by atoms with Crippen molar-refractivity contribution in [1.82, 2.24) is 4.90 Å². The highest BCUT2D eigenvalue weighted by atomic mass is 35.5. The molecule has 1 fully saturated rings. The molecule has 1 heterocycles. The fraction of sp³-hybridized carbons (Fsp3) is 0.143. The minimum absolute atomic E-state index is 0.144. The van der Waals surface area contributed by atoms with Crippen LogP contribution in [0, 0.1) is 0 Å². The van der Waals surface area contributed by atoms with E-state index in [0.717, 1.165) is 11.1 Å². The van der Waals surface area contributed by atoms with Crippen molar-refractivity contribution in [2.45, 2.75) is 6.61 Å². The van der Waals surface area contributed by atoms with E-state index in [-0.39, 0.29) is 5.91 Å².